The molecule has 2 rings (SSSR count). The first-order valence-corrected chi connectivity index (χ1v) is 7.68. The molecule has 106 valence electrons. The highest BCUT2D eigenvalue weighted by Crippen LogP contribution is 2.19. The molecule has 0 spiro atoms. The van der Waals surface area contributed by atoms with E-state index >= 15 is 0 Å². The maximum absolute atomic E-state index is 12.5. The third-order valence-electron chi connectivity index (χ3n) is 3.02. The molecule has 0 aromatic carbocycles. The number of sulfonamides is 1. The normalized spacial score (nSPS) is 25.4. The Bertz CT molecular complexity index is 520. The van der Waals surface area contributed by atoms with Crippen LogP contribution in [-0.2, 0) is 21.3 Å². The van der Waals surface area contributed by atoms with Gasteiger partial charge in [0.1, 0.15) is 0 Å². The zero-order chi connectivity index (χ0) is 14.0. The van der Waals surface area contributed by atoms with Crippen molar-refractivity contribution >= 4 is 10.0 Å². The van der Waals surface area contributed by atoms with Gasteiger partial charge in [0.25, 0.3) is 10.0 Å². The third-order valence-corrected chi connectivity index (χ3v) is 4.77. The van der Waals surface area contributed by atoms with Gasteiger partial charge in [-0.15, -0.1) is 0 Å². The lowest BCUT2D eigenvalue weighted by atomic mass is 10.3. The summed E-state index contributed by atoms with van der Waals surface area (Å²) < 4.78 is 31.9. The van der Waals surface area contributed by atoms with E-state index in [1.165, 1.54) is 16.6 Å². The Balaban J connectivity index is 2.25. The Labute approximate surface area is 113 Å². The van der Waals surface area contributed by atoms with E-state index in [0.717, 1.165) is 5.56 Å². The van der Waals surface area contributed by atoms with Crippen molar-refractivity contribution in [1.29, 1.82) is 0 Å². The van der Waals surface area contributed by atoms with E-state index in [1.54, 1.807) is 6.07 Å². The molecule has 19 heavy (non-hydrogen) atoms. The lowest BCUT2D eigenvalue weighted by Crippen LogP contribution is -2.48. The van der Waals surface area contributed by atoms with Gasteiger partial charge in [0.2, 0.25) is 0 Å². The number of morpholine rings is 1. The summed E-state index contributed by atoms with van der Waals surface area (Å²) >= 11 is 0. The predicted octanol–water partition coefficient (Wildman–Crippen LogP) is 0.338. The molecule has 1 saturated heterocycles. The van der Waals surface area contributed by atoms with E-state index in [9.17, 15) is 8.42 Å². The smallest absolute Gasteiger partial charge is 0.260 e. The third kappa shape index (κ3) is 3.11. The van der Waals surface area contributed by atoms with Gasteiger partial charge in [0.05, 0.1) is 12.2 Å². The summed E-state index contributed by atoms with van der Waals surface area (Å²) in [7, 11) is -3.55. The first-order chi connectivity index (χ1) is 8.93. The molecule has 0 amide bonds. The summed E-state index contributed by atoms with van der Waals surface area (Å²) in [5.41, 5.74) is 6.28. The van der Waals surface area contributed by atoms with Gasteiger partial charge in [-0.1, -0.05) is 6.07 Å². The number of pyridine rings is 1. The lowest BCUT2D eigenvalue weighted by Gasteiger charge is -2.34. The zero-order valence-electron chi connectivity index (χ0n) is 11.1. The Morgan fingerprint density at radius 2 is 2.00 bits per heavy atom. The molecule has 2 N–H and O–H groups in total. The molecule has 2 heterocycles. The largest absolute Gasteiger partial charge is 0.373 e. The molecule has 0 bridgehead atoms. The number of hydrogen-bond acceptors (Lipinski definition) is 5. The molecule has 1 aliphatic rings. The molecule has 1 aromatic heterocycles. The highest BCUT2D eigenvalue weighted by molar-refractivity contribution is 7.89. The van der Waals surface area contributed by atoms with Gasteiger partial charge in [-0.25, -0.2) is 13.4 Å². The summed E-state index contributed by atoms with van der Waals surface area (Å²) in [6.45, 7) is 4.78. The minimum atomic E-state index is -3.55. The summed E-state index contributed by atoms with van der Waals surface area (Å²) in [5, 5.41) is 0.0611. The minimum absolute atomic E-state index is 0.0611. The molecule has 1 aromatic rings. The van der Waals surface area contributed by atoms with Crippen LogP contribution in [0.5, 0.6) is 0 Å². The van der Waals surface area contributed by atoms with Crippen molar-refractivity contribution in [1.82, 2.24) is 9.29 Å². The number of hydrogen-bond donors (Lipinski definition) is 1. The highest BCUT2D eigenvalue weighted by Gasteiger charge is 2.32. The molecule has 7 heteroatoms. The van der Waals surface area contributed by atoms with Crippen LogP contribution in [0.4, 0.5) is 0 Å². The van der Waals surface area contributed by atoms with E-state index in [2.05, 4.69) is 4.98 Å². The van der Waals surface area contributed by atoms with Gasteiger partial charge in [-0.2, -0.15) is 4.31 Å². The van der Waals surface area contributed by atoms with E-state index in [4.69, 9.17) is 10.5 Å². The molecule has 2 atom stereocenters. The molecule has 0 radical (unpaired) electrons. The van der Waals surface area contributed by atoms with Gasteiger partial charge in [-0.05, 0) is 25.5 Å². The monoisotopic (exact) mass is 285 g/mol. The van der Waals surface area contributed by atoms with Crippen molar-refractivity contribution in [2.24, 2.45) is 5.73 Å². The molecule has 1 fully saturated rings. The Morgan fingerprint density at radius 3 is 2.47 bits per heavy atom. The average molecular weight is 285 g/mol. The fraction of sp³-hybridized carbons (Fsp3) is 0.583. The molecular formula is C12H19N3O3S. The summed E-state index contributed by atoms with van der Waals surface area (Å²) in [6.07, 6.45) is 1.28. The van der Waals surface area contributed by atoms with Crippen molar-refractivity contribution in [3.05, 3.63) is 23.9 Å². The fourth-order valence-corrected chi connectivity index (χ4v) is 3.65. The van der Waals surface area contributed by atoms with Crippen molar-refractivity contribution < 1.29 is 13.2 Å². The van der Waals surface area contributed by atoms with E-state index in [0.29, 0.717) is 19.6 Å². The van der Waals surface area contributed by atoms with Gasteiger partial charge < -0.3 is 10.5 Å². The van der Waals surface area contributed by atoms with Gasteiger partial charge in [-0.3, -0.25) is 0 Å². The Kier molecular flexibility index (Phi) is 4.19. The lowest BCUT2D eigenvalue weighted by molar-refractivity contribution is -0.0441. The second kappa shape index (κ2) is 5.54. The van der Waals surface area contributed by atoms with Crippen LogP contribution < -0.4 is 5.73 Å². The Hall–Kier alpha value is -1.02. The highest BCUT2D eigenvalue weighted by atomic mass is 32.2. The van der Waals surface area contributed by atoms with Crippen LogP contribution in [0.15, 0.2) is 23.4 Å². The quantitative estimate of drug-likeness (QED) is 0.865. The molecule has 0 unspecified atom stereocenters. The van der Waals surface area contributed by atoms with Crippen LogP contribution in [0.25, 0.3) is 0 Å². The topological polar surface area (TPSA) is 85.5 Å². The summed E-state index contributed by atoms with van der Waals surface area (Å²) in [4.78, 5) is 4.00. The standard InChI is InChI=1S/C12H19N3O3S/c1-9-7-15(8-10(2)18-9)19(16,17)12-4-3-11(5-13)6-14-12/h3-4,6,9-10H,5,7-8,13H2,1-2H3/t9-,10+. The van der Waals surface area contributed by atoms with E-state index < -0.39 is 10.0 Å². The number of nitrogens with two attached hydrogens (primary N) is 1. The Morgan fingerprint density at radius 1 is 1.37 bits per heavy atom. The SMILES string of the molecule is C[C@@H]1CN(S(=O)(=O)c2ccc(CN)cn2)C[C@H](C)O1. The predicted molar refractivity (Wildman–Crippen MR) is 70.9 cm³/mol. The average Bonchev–Trinajstić information content (AvgIpc) is 2.37. The minimum Gasteiger partial charge on any atom is -0.373 e. The maximum Gasteiger partial charge on any atom is 0.260 e. The van der Waals surface area contributed by atoms with Crippen LogP contribution in [0.2, 0.25) is 0 Å². The zero-order valence-corrected chi connectivity index (χ0v) is 11.9. The van der Waals surface area contributed by atoms with Gasteiger partial charge in [0.15, 0.2) is 5.03 Å². The summed E-state index contributed by atoms with van der Waals surface area (Å²) in [5.74, 6) is 0. The van der Waals surface area contributed by atoms with Crippen LogP contribution in [0.3, 0.4) is 0 Å². The van der Waals surface area contributed by atoms with Gasteiger partial charge in [0, 0.05) is 25.8 Å². The first kappa shape index (κ1) is 14.4. The number of ether oxygens (including phenoxy) is 1. The van der Waals surface area contributed by atoms with Gasteiger partial charge >= 0.3 is 0 Å². The summed E-state index contributed by atoms with van der Waals surface area (Å²) in [6, 6.07) is 3.19. The second-order valence-corrected chi connectivity index (χ2v) is 6.67. The fourth-order valence-electron chi connectivity index (χ4n) is 2.14. The van der Waals surface area contributed by atoms with Crippen LogP contribution in [0, 0.1) is 0 Å². The second-order valence-electron chi connectivity index (χ2n) is 4.79. The van der Waals surface area contributed by atoms with Crippen LogP contribution in [-0.4, -0.2) is 43.0 Å². The van der Waals surface area contributed by atoms with E-state index in [-0.39, 0.29) is 17.2 Å². The van der Waals surface area contributed by atoms with Crippen LogP contribution >= 0.6 is 0 Å². The molecule has 1 aliphatic heterocycles. The van der Waals surface area contributed by atoms with Crippen molar-refractivity contribution in [3.8, 4) is 0 Å². The van der Waals surface area contributed by atoms with Crippen molar-refractivity contribution in [2.75, 3.05) is 13.1 Å². The molecular weight excluding hydrogens is 266 g/mol. The first-order valence-electron chi connectivity index (χ1n) is 6.24. The molecule has 6 nitrogen and oxygen atoms in total. The van der Waals surface area contributed by atoms with Crippen molar-refractivity contribution in [3.63, 3.8) is 0 Å². The van der Waals surface area contributed by atoms with Crippen molar-refractivity contribution in [2.45, 2.75) is 37.6 Å². The molecule has 0 aliphatic carbocycles. The number of aromatic nitrogens is 1. The number of nitrogens with zero attached hydrogens (tertiary/aromatic N) is 2. The van der Waals surface area contributed by atoms with Crippen LogP contribution in [0.1, 0.15) is 19.4 Å². The van der Waals surface area contributed by atoms with E-state index in [1.807, 2.05) is 13.8 Å². The maximum atomic E-state index is 12.5. The number of rotatable bonds is 3. The molecule has 0 saturated carbocycles.